The molecule has 3 rings (SSSR count). The summed E-state index contributed by atoms with van der Waals surface area (Å²) in [5.74, 6) is -0.881. The molecule has 0 bridgehead atoms. The molecule has 28 heavy (non-hydrogen) atoms. The summed E-state index contributed by atoms with van der Waals surface area (Å²) < 4.78 is 13.5. The van der Waals surface area contributed by atoms with E-state index in [2.05, 4.69) is 22.8 Å². The van der Waals surface area contributed by atoms with E-state index in [9.17, 15) is 14.0 Å². The van der Waals surface area contributed by atoms with E-state index in [0.717, 1.165) is 25.7 Å². The third-order valence-corrected chi connectivity index (χ3v) is 4.91. The molecule has 1 aliphatic heterocycles. The lowest BCUT2D eigenvalue weighted by Crippen LogP contribution is -2.36. The number of hydrogen-bond acceptors (Lipinski definition) is 2. The summed E-state index contributed by atoms with van der Waals surface area (Å²) in [6, 6.07) is 14.1. The molecule has 0 aliphatic carbocycles. The lowest BCUT2D eigenvalue weighted by molar-refractivity contribution is 0.0949. The van der Waals surface area contributed by atoms with Gasteiger partial charge in [-0.3, -0.25) is 4.79 Å². The van der Waals surface area contributed by atoms with Crippen LogP contribution in [0.4, 0.5) is 9.18 Å². The normalized spacial score (nSPS) is 12.5. The summed E-state index contributed by atoms with van der Waals surface area (Å²) in [7, 11) is 0. The number of hydrogen-bond donors (Lipinski definition) is 2. The Morgan fingerprint density at radius 2 is 1.39 bits per heavy atom. The topological polar surface area (TPSA) is 61.4 Å². The van der Waals surface area contributed by atoms with Gasteiger partial charge in [0, 0.05) is 26.2 Å². The van der Waals surface area contributed by atoms with Crippen LogP contribution >= 0.6 is 0 Å². The van der Waals surface area contributed by atoms with Gasteiger partial charge in [-0.2, -0.15) is 0 Å². The SMILES string of the molecule is O=C(NCCCCCCNC(=O)N1Cc2ccccc2C1)c1ccccc1F. The molecule has 148 valence electrons. The van der Waals surface area contributed by atoms with Gasteiger partial charge in [0.25, 0.3) is 5.91 Å². The van der Waals surface area contributed by atoms with Crippen molar-refractivity contribution in [3.63, 3.8) is 0 Å². The van der Waals surface area contributed by atoms with E-state index < -0.39 is 5.82 Å². The number of nitrogens with one attached hydrogen (secondary N) is 2. The van der Waals surface area contributed by atoms with Crippen molar-refractivity contribution in [1.29, 1.82) is 0 Å². The quantitative estimate of drug-likeness (QED) is 0.681. The van der Waals surface area contributed by atoms with Gasteiger partial charge in [0.2, 0.25) is 0 Å². The molecule has 1 heterocycles. The number of carbonyl (C=O) groups is 2. The van der Waals surface area contributed by atoms with Gasteiger partial charge in [0.15, 0.2) is 0 Å². The first kappa shape index (κ1) is 19.9. The van der Waals surface area contributed by atoms with E-state index in [0.29, 0.717) is 26.2 Å². The molecule has 0 fully saturated rings. The van der Waals surface area contributed by atoms with Gasteiger partial charge in [-0.15, -0.1) is 0 Å². The number of fused-ring (bicyclic) bond motifs is 1. The lowest BCUT2D eigenvalue weighted by Gasteiger charge is -2.16. The molecule has 0 radical (unpaired) electrons. The minimum Gasteiger partial charge on any atom is -0.352 e. The molecule has 0 atom stereocenters. The van der Waals surface area contributed by atoms with Crippen molar-refractivity contribution < 1.29 is 14.0 Å². The first-order chi connectivity index (χ1) is 13.6. The van der Waals surface area contributed by atoms with Crippen molar-refractivity contribution in [1.82, 2.24) is 15.5 Å². The van der Waals surface area contributed by atoms with Crippen molar-refractivity contribution in [2.24, 2.45) is 0 Å². The van der Waals surface area contributed by atoms with Crippen LogP contribution in [-0.2, 0) is 13.1 Å². The monoisotopic (exact) mass is 383 g/mol. The van der Waals surface area contributed by atoms with Crippen LogP contribution < -0.4 is 10.6 Å². The maximum atomic E-state index is 13.5. The number of benzene rings is 2. The summed E-state index contributed by atoms with van der Waals surface area (Å²) in [4.78, 5) is 25.9. The maximum absolute atomic E-state index is 13.5. The van der Waals surface area contributed by atoms with Crippen LogP contribution in [0.5, 0.6) is 0 Å². The maximum Gasteiger partial charge on any atom is 0.318 e. The van der Waals surface area contributed by atoms with Gasteiger partial charge in [0.05, 0.1) is 5.56 Å². The van der Waals surface area contributed by atoms with Crippen molar-refractivity contribution in [2.75, 3.05) is 13.1 Å². The fourth-order valence-electron chi connectivity index (χ4n) is 3.33. The zero-order valence-electron chi connectivity index (χ0n) is 15.9. The molecular formula is C22H26FN3O2. The Morgan fingerprint density at radius 1 is 0.821 bits per heavy atom. The zero-order chi connectivity index (χ0) is 19.8. The zero-order valence-corrected chi connectivity index (χ0v) is 15.9. The summed E-state index contributed by atoms with van der Waals surface area (Å²) in [5, 5.41) is 5.71. The molecule has 0 saturated heterocycles. The Morgan fingerprint density at radius 3 is 2.04 bits per heavy atom. The molecule has 2 aromatic carbocycles. The first-order valence-electron chi connectivity index (χ1n) is 9.77. The van der Waals surface area contributed by atoms with Crippen molar-refractivity contribution in [3.8, 4) is 0 Å². The van der Waals surface area contributed by atoms with Crippen LogP contribution in [0.3, 0.4) is 0 Å². The van der Waals surface area contributed by atoms with Crippen LogP contribution in [0.15, 0.2) is 48.5 Å². The third-order valence-electron chi connectivity index (χ3n) is 4.91. The highest BCUT2D eigenvalue weighted by molar-refractivity contribution is 5.94. The Balaban J connectivity index is 1.23. The summed E-state index contributed by atoms with van der Waals surface area (Å²) in [6.45, 7) is 2.51. The molecule has 0 spiro atoms. The molecule has 0 aromatic heterocycles. The highest BCUT2D eigenvalue weighted by Crippen LogP contribution is 2.21. The summed E-state index contributed by atoms with van der Waals surface area (Å²) in [5.41, 5.74) is 2.51. The minimum atomic E-state index is -0.503. The Bertz CT molecular complexity index is 800. The molecule has 0 saturated carbocycles. The Kier molecular flexibility index (Phi) is 7.00. The smallest absolute Gasteiger partial charge is 0.318 e. The Labute approximate surface area is 164 Å². The van der Waals surface area contributed by atoms with Crippen molar-refractivity contribution in [3.05, 3.63) is 71.0 Å². The van der Waals surface area contributed by atoms with Crippen LogP contribution in [-0.4, -0.2) is 29.9 Å². The molecule has 2 aromatic rings. The predicted octanol–water partition coefficient (Wildman–Crippen LogP) is 3.84. The van der Waals surface area contributed by atoms with Gasteiger partial charge in [-0.05, 0) is 36.1 Å². The van der Waals surface area contributed by atoms with E-state index in [-0.39, 0.29) is 17.5 Å². The first-order valence-corrected chi connectivity index (χ1v) is 9.77. The Hall–Kier alpha value is -2.89. The number of halogens is 1. The third kappa shape index (κ3) is 5.31. The van der Waals surface area contributed by atoms with E-state index in [1.54, 1.807) is 12.1 Å². The van der Waals surface area contributed by atoms with Crippen LogP contribution in [0, 0.1) is 5.82 Å². The fraction of sp³-hybridized carbons (Fsp3) is 0.364. The van der Waals surface area contributed by atoms with E-state index in [4.69, 9.17) is 0 Å². The number of rotatable bonds is 8. The van der Waals surface area contributed by atoms with E-state index in [1.165, 1.54) is 23.3 Å². The fourth-order valence-corrected chi connectivity index (χ4v) is 3.33. The average Bonchev–Trinajstić information content (AvgIpc) is 3.14. The molecule has 0 unspecified atom stereocenters. The van der Waals surface area contributed by atoms with Gasteiger partial charge in [0.1, 0.15) is 5.82 Å². The highest BCUT2D eigenvalue weighted by atomic mass is 19.1. The highest BCUT2D eigenvalue weighted by Gasteiger charge is 2.22. The number of unbranched alkanes of at least 4 members (excludes halogenated alkanes) is 3. The molecule has 6 heteroatoms. The van der Waals surface area contributed by atoms with Crippen LogP contribution in [0.25, 0.3) is 0 Å². The second-order valence-corrected chi connectivity index (χ2v) is 7.01. The molecule has 1 aliphatic rings. The van der Waals surface area contributed by atoms with Gasteiger partial charge >= 0.3 is 6.03 Å². The van der Waals surface area contributed by atoms with Gasteiger partial charge in [-0.25, -0.2) is 9.18 Å². The second kappa shape index (κ2) is 9.88. The summed E-state index contributed by atoms with van der Waals surface area (Å²) in [6.07, 6.45) is 3.64. The molecule has 3 amide bonds. The van der Waals surface area contributed by atoms with E-state index >= 15 is 0 Å². The predicted molar refractivity (Wildman–Crippen MR) is 106 cm³/mol. The standard InChI is InChI=1S/C22H26FN3O2/c23-20-12-6-5-11-19(20)21(27)24-13-7-1-2-8-14-25-22(28)26-15-17-9-3-4-10-18(17)16-26/h3-6,9-12H,1-2,7-8,13-16H2,(H,24,27)(H,25,28). The van der Waals surface area contributed by atoms with Gasteiger partial charge < -0.3 is 15.5 Å². The molecular weight excluding hydrogens is 357 g/mol. The minimum absolute atomic E-state index is 0.0200. The molecule has 2 N–H and O–H groups in total. The number of amides is 3. The average molecular weight is 383 g/mol. The second-order valence-electron chi connectivity index (χ2n) is 7.01. The number of urea groups is 1. The number of carbonyl (C=O) groups excluding carboxylic acids is 2. The number of nitrogens with zero attached hydrogens (tertiary/aromatic N) is 1. The van der Waals surface area contributed by atoms with Gasteiger partial charge in [-0.1, -0.05) is 49.2 Å². The molecule has 5 nitrogen and oxygen atoms in total. The van der Waals surface area contributed by atoms with Crippen LogP contribution in [0.2, 0.25) is 0 Å². The van der Waals surface area contributed by atoms with Crippen molar-refractivity contribution in [2.45, 2.75) is 38.8 Å². The largest absolute Gasteiger partial charge is 0.352 e. The van der Waals surface area contributed by atoms with E-state index in [1.807, 2.05) is 17.0 Å². The lowest BCUT2D eigenvalue weighted by atomic mass is 10.1. The van der Waals surface area contributed by atoms with Crippen molar-refractivity contribution >= 4 is 11.9 Å². The summed E-state index contributed by atoms with van der Waals surface area (Å²) >= 11 is 0. The van der Waals surface area contributed by atoms with Crippen LogP contribution in [0.1, 0.15) is 47.2 Å².